The van der Waals surface area contributed by atoms with Crippen LogP contribution in [-0.4, -0.2) is 20.8 Å². The van der Waals surface area contributed by atoms with Crippen LogP contribution in [-0.2, 0) is 11.4 Å². The van der Waals surface area contributed by atoms with Crippen LogP contribution in [0.2, 0.25) is 0 Å². The van der Waals surface area contributed by atoms with E-state index in [2.05, 4.69) is 5.48 Å². The highest BCUT2D eigenvalue weighted by Crippen LogP contribution is 2.27. The number of benzene rings is 1. The molecule has 0 fully saturated rings. The molecule has 84 valence electrons. The first-order chi connectivity index (χ1) is 7.31. The van der Waals surface area contributed by atoms with E-state index < -0.39 is 0 Å². The van der Waals surface area contributed by atoms with Gasteiger partial charge in [0, 0.05) is 6.54 Å². The van der Waals surface area contributed by atoms with Crippen molar-refractivity contribution in [1.29, 1.82) is 0 Å². The average Bonchev–Trinajstić information content (AvgIpc) is 2.29. The SMILES string of the molecule is CCONCc1ccc(OC)c(OC)c1. The molecule has 0 heterocycles. The van der Waals surface area contributed by atoms with Crippen molar-refractivity contribution in [2.24, 2.45) is 0 Å². The van der Waals surface area contributed by atoms with Crippen molar-refractivity contribution in [3.8, 4) is 11.5 Å². The van der Waals surface area contributed by atoms with Gasteiger partial charge in [-0.1, -0.05) is 6.07 Å². The zero-order valence-electron chi connectivity index (χ0n) is 9.37. The second-order valence-corrected chi connectivity index (χ2v) is 2.94. The van der Waals surface area contributed by atoms with E-state index in [-0.39, 0.29) is 0 Å². The number of ether oxygens (including phenoxy) is 2. The Kier molecular flexibility index (Phi) is 4.93. The van der Waals surface area contributed by atoms with Gasteiger partial charge in [-0.25, -0.2) is 0 Å². The van der Waals surface area contributed by atoms with Gasteiger partial charge >= 0.3 is 0 Å². The van der Waals surface area contributed by atoms with Gasteiger partial charge in [-0.15, -0.1) is 0 Å². The maximum Gasteiger partial charge on any atom is 0.161 e. The molecule has 4 heteroatoms. The van der Waals surface area contributed by atoms with Crippen molar-refractivity contribution in [3.05, 3.63) is 23.8 Å². The summed E-state index contributed by atoms with van der Waals surface area (Å²) in [7, 11) is 3.24. The molecule has 4 nitrogen and oxygen atoms in total. The number of hydroxylamine groups is 1. The molecule has 0 saturated carbocycles. The molecule has 0 aliphatic carbocycles. The van der Waals surface area contributed by atoms with Crippen molar-refractivity contribution >= 4 is 0 Å². The van der Waals surface area contributed by atoms with Crippen LogP contribution < -0.4 is 15.0 Å². The van der Waals surface area contributed by atoms with Crippen molar-refractivity contribution in [2.45, 2.75) is 13.5 Å². The van der Waals surface area contributed by atoms with E-state index >= 15 is 0 Å². The van der Waals surface area contributed by atoms with Crippen molar-refractivity contribution in [3.63, 3.8) is 0 Å². The van der Waals surface area contributed by atoms with Crippen LogP contribution in [0.3, 0.4) is 0 Å². The number of hydrogen-bond acceptors (Lipinski definition) is 4. The minimum atomic E-state index is 0.646. The third-order valence-electron chi connectivity index (χ3n) is 1.97. The number of rotatable bonds is 6. The lowest BCUT2D eigenvalue weighted by Gasteiger charge is -2.09. The molecule has 0 saturated heterocycles. The Morgan fingerprint density at radius 2 is 1.87 bits per heavy atom. The Labute approximate surface area is 90.1 Å². The Morgan fingerprint density at radius 1 is 1.13 bits per heavy atom. The summed E-state index contributed by atoms with van der Waals surface area (Å²) < 4.78 is 10.3. The summed E-state index contributed by atoms with van der Waals surface area (Å²) in [6.07, 6.45) is 0. The second kappa shape index (κ2) is 6.27. The molecule has 1 aromatic rings. The molecule has 0 bridgehead atoms. The fourth-order valence-electron chi connectivity index (χ4n) is 1.23. The Hall–Kier alpha value is -1.26. The Bertz CT molecular complexity index is 302. The quantitative estimate of drug-likeness (QED) is 0.574. The van der Waals surface area contributed by atoms with Crippen LogP contribution in [0, 0.1) is 0 Å². The summed E-state index contributed by atoms with van der Waals surface area (Å²) in [5, 5.41) is 0. The molecule has 0 aliphatic rings. The van der Waals surface area contributed by atoms with E-state index in [1.54, 1.807) is 14.2 Å². The second-order valence-electron chi connectivity index (χ2n) is 2.94. The van der Waals surface area contributed by atoms with Crippen LogP contribution in [0.15, 0.2) is 18.2 Å². The molecular formula is C11H17NO3. The van der Waals surface area contributed by atoms with E-state index in [4.69, 9.17) is 14.3 Å². The Balaban J connectivity index is 2.66. The van der Waals surface area contributed by atoms with Crippen LogP contribution in [0.1, 0.15) is 12.5 Å². The number of nitrogens with one attached hydrogen (secondary N) is 1. The molecule has 0 unspecified atom stereocenters. The topological polar surface area (TPSA) is 39.7 Å². The average molecular weight is 211 g/mol. The van der Waals surface area contributed by atoms with Crippen LogP contribution in [0.4, 0.5) is 0 Å². The van der Waals surface area contributed by atoms with Gasteiger partial charge in [0.2, 0.25) is 0 Å². The molecule has 1 N–H and O–H groups in total. The zero-order valence-corrected chi connectivity index (χ0v) is 9.37. The molecule has 0 amide bonds. The third-order valence-corrected chi connectivity index (χ3v) is 1.97. The molecule has 0 aromatic heterocycles. The van der Waals surface area contributed by atoms with Gasteiger partial charge in [0.25, 0.3) is 0 Å². The van der Waals surface area contributed by atoms with Gasteiger partial charge < -0.3 is 14.3 Å². The molecule has 0 aliphatic heterocycles. The van der Waals surface area contributed by atoms with Gasteiger partial charge in [-0.2, -0.15) is 5.48 Å². The standard InChI is InChI=1S/C11H17NO3/c1-4-15-12-8-9-5-6-10(13-2)11(7-9)14-3/h5-7,12H,4,8H2,1-3H3. The summed E-state index contributed by atoms with van der Waals surface area (Å²) >= 11 is 0. The summed E-state index contributed by atoms with van der Waals surface area (Å²) in [4.78, 5) is 5.05. The van der Waals surface area contributed by atoms with Crippen LogP contribution >= 0.6 is 0 Å². The van der Waals surface area contributed by atoms with Crippen molar-refractivity contribution < 1.29 is 14.3 Å². The van der Waals surface area contributed by atoms with E-state index in [1.165, 1.54) is 0 Å². The monoisotopic (exact) mass is 211 g/mol. The largest absolute Gasteiger partial charge is 0.493 e. The maximum atomic E-state index is 5.19. The fourth-order valence-corrected chi connectivity index (χ4v) is 1.23. The predicted molar refractivity (Wildman–Crippen MR) is 58.0 cm³/mol. The highest BCUT2D eigenvalue weighted by molar-refractivity contribution is 5.42. The molecular weight excluding hydrogens is 194 g/mol. The van der Waals surface area contributed by atoms with E-state index in [9.17, 15) is 0 Å². The van der Waals surface area contributed by atoms with Gasteiger partial charge in [-0.05, 0) is 24.6 Å². The third kappa shape index (κ3) is 3.42. The van der Waals surface area contributed by atoms with Gasteiger partial charge in [0.15, 0.2) is 11.5 Å². The molecule has 0 spiro atoms. The van der Waals surface area contributed by atoms with Gasteiger partial charge in [-0.3, -0.25) is 0 Å². The lowest BCUT2D eigenvalue weighted by Crippen LogP contribution is -2.13. The normalized spacial score (nSPS) is 10.1. The molecule has 0 atom stereocenters. The smallest absolute Gasteiger partial charge is 0.161 e. The Morgan fingerprint density at radius 3 is 2.47 bits per heavy atom. The minimum Gasteiger partial charge on any atom is -0.493 e. The summed E-state index contributed by atoms with van der Waals surface area (Å²) in [5.41, 5.74) is 3.93. The van der Waals surface area contributed by atoms with Gasteiger partial charge in [0.1, 0.15) is 0 Å². The molecule has 15 heavy (non-hydrogen) atoms. The van der Waals surface area contributed by atoms with E-state index in [0.717, 1.165) is 17.1 Å². The first-order valence-electron chi connectivity index (χ1n) is 4.87. The summed E-state index contributed by atoms with van der Waals surface area (Å²) in [5.74, 6) is 1.46. The van der Waals surface area contributed by atoms with Crippen molar-refractivity contribution in [1.82, 2.24) is 5.48 Å². The number of hydrogen-bond donors (Lipinski definition) is 1. The van der Waals surface area contributed by atoms with Gasteiger partial charge in [0.05, 0.1) is 20.8 Å². The lowest BCUT2D eigenvalue weighted by molar-refractivity contribution is 0.0463. The van der Waals surface area contributed by atoms with Crippen LogP contribution in [0.25, 0.3) is 0 Å². The number of methoxy groups -OCH3 is 2. The predicted octanol–water partition coefficient (Wildman–Crippen LogP) is 1.74. The first-order valence-corrected chi connectivity index (χ1v) is 4.87. The summed E-state index contributed by atoms with van der Waals surface area (Å²) in [6.45, 7) is 3.23. The van der Waals surface area contributed by atoms with Crippen molar-refractivity contribution in [2.75, 3.05) is 20.8 Å². The highest BCUT2D eigenvalue weighted by atomic mass is 16.6. The summed E-state index contributed by atoms with van der Waals surface area (Å²) in [6, 6.07) is 5.76. The maximum absolute atomic E-state index is 5.19. The first kappa shape index (κ1) is 11.8. The molecule has 1 rings (SSSR count). The van der Waals surface area contributed by atoms with Crippen LogP contribution in [0.5, 0.6) is 11.5 Å². The zero-order chi connectivity index (χ0) is 11.1. The minimum absolute atomic E-state index is 0.646. The fraction of sp³-hybridized carbons (Fsp3) is 0.455. The highest BCUT2D eigenvalue weighted by Gasteiger charge is 2.03. The molecule has 0 radical (unpaired) electrons. The van der Waals surface area contributed by atoms with E-state index in [0.29, 0.717) is 13.2 Å². The molecule has 1 aromatic carbocycles. The lowest BCUT2D eigenvalue weighted by atomic mass is 10.2. The van der Waals surface area contributed by atoms with E-state index in [1.807, 2.05) is 25.1 Å².